The number of aliphatic hydroxyl groups excluding tert-OH is 4. The SMILES string of the molecule is CC(=O)N[C@H]1[C@H]([C@H](O)[C@H](O)CO)O[C@](O)(C(=O)OCC2=C(C)CC(=O)O2)C[C@@H]1O. The number of amides is 1. The number of ether oxygens (including phenoxy) is 3. The summed E-state index contributed by atoms with van der Waals surface area (Å²) in [5.74, 6) is -5.09. The predicted octanol–water partition coefficient (Wildman–Crippen LogP) is -3.19. The number of hydrogen-bond acceptors (Lipinski definition) is 11. The van der Waals surface area contributed by atoms with Crippen LogP contribution in [0.15, 0.2) is 11.3 Å². The fourth-order valence-corrected chi connectivity index (χ4v) is 3.10. The second kappa shape index (κ2) is 9.15. The molecule has 0 aliphatic carbocycles. The molecule has 2 heterocycles. The second-order valence-corrected chi connectivity index (χ2v) is 7.04. The number of carbonyl (C=O) groups excluding carboxylic acids is 3. The van der Waals surface area contributed by atoms with Crippen molar-refractivity contribution in [3.63, 3.8) is 0 Å². The number of carbonyl (C=O) groups is 3. The molecule has 1 saturated heterocycles. The van der Waals surface area contributed by atoms with Crippen LogP contribution in [0.4, 0.5) is 0 Å². The quantitative estimate of drug-likeness (QED) is 0.228. The van der Waals surface area contributed by atoms with E-state index < -0.39 is 73.7 Å². The van der Waals surface area contributed by atoms with Gasteiger partial charge in [0.05, 0.1) is 25.2 Å². The van der Waals surface area contributed by atoms with Gasteiger partial charge in [0.2, 0.25) is 5.91 Å². The van der Waals surface area contributed by atoms with Crippen LogP contribution in [0.25, 0.3) is 0 Å². The van der Waals surface area contributed by atoms with Gasteiger partial charge < -0.3 is 45.1 Å². The number of aliphatic hydroxyl groups is 5. The van der Waals surface area contributed by atoms with Gasteiger partial charge in [-0.25, -0.2) is 4.79 Å². The van der Waals surface area contributed by atoms with Crippen molar-refractivity contribution in [1.82, 2.24) is 5.32 Å². The van der Waals surface area contributed by atoms with Gasteiger partial charge >= 0.3 is 11.9 Å². The standard InChI is InChI=1S/C17H25NO11/c1-7-3-12(23)28-11(7)6-27-16(25)17(26)4-9(21)13(18-8(2)20)15(29-17)14(24)10(22)5-19/h9-10,13-15,19,21-22,24,26H,3-6H2,1-2H3,(H,18,20)/t9-,10+,13+,14+,15+,17-/m0/s1. The van der Waals surface area contributed by atoms with E-state index in [4.69, 9.17) is 19.3 Å². The summed E-state index contributed by atoms with van der Waals surface area (Å²) >= 11 is 0. The highest BCUT2D eigenvalue weighted by atomic mass is 16.7. The van der Waals surface area contributed by atoms with Gasteiger partial charge in [-0.3, -0.25) is 9.59 Å². The molecule has 2 aliphatic rings. The molecule has 1 amide bonds. The maximum atomic E-state index is 12.4. The van der Waals surface area contributed by atoms with Crippen LogP contribution >= 0.6 is 0 Å². The van der Waals surface area contributed by atoms with Crippen molar-refractivity contribution < 1.29 is 54.1 Å². The summed E-state index contributed by atoms with van der Waals surface area (Å²) in [6, 6.07) is -1.29. The Morgan fingerprint density at radius 2 is 2.03 bits per heavy atom. The van der Waals surface area contributed by atoms with Gasteiger partial charge in [-0.2, -0.15) is 0 Å². The van der Waals surface area contributed by atoms with Crippen LogP contribution in [0.3, 0.4) is 0 Å². The van der Waals surface area contributed by atoms with Gasteiger partial charge in [-0.1, -0.05) is 0 Å². The zero-order chi connectivity index (χ0) is 21.9. The summed E-state index contributed by atoms with van der Waals surface area (Å²) in [4.78, 5) is 35.0. The highest BCUT2D eigenvalue weighted by molar-refractivity contribution is 5.79. The Labute approximate surface area is 165 Å². The Morgan fingerprint density at radius 1 is 1.38 bits per heavy atom. The Morgan fingerprint density at radius 3 is 2.55 bits per heavy atom. The molecule has 6 atom stereocenters. The van der Waals surface area contributed by atoms with Gasteiger partial charge in [-0.05, 0) is 12.5 Å². The van der Waals surface area contributed by atoms with Crippen molar-refractivity contribution in [2.24, 2.45) is 0 Å². The second-order valence-electron chi connectivity index (χ2n) is 7.04. The average Bonchev–Trinajstić information content (AvgIpc) is 2.97. The normalized spacial score (nSPS) is 31.8. The smallest absolute Gasteiger partial charge is 0.367 e. The molecule has 0 spiro atoms. The van der Waals surface area contributed by atoms with Gasteiger partial charge in [0.1, 0.15) is 30.7 Å². The van der Waals surface area contributed by atoms with Gasteiger partial charge in [0.15, 0.2) is 0 Å². The number of rotatable bonds is 7. The summed E-state index contributed by atoms with van der Waals surface area (Å²) in [7, 11) is 0. The van der Waals surface area contributed by atoms with E-state index in [1.807, 2.05) is 0 Å². The van der Waals surface area contributed by atoms with E-state index in [0.29, 0.717) is 5.57 Å². The van der Waals surface area contributed by atoms with E-state index >= 15 is 0 Å². The van der Waals surface area contributed by atoms with E-state index in [1.54, 1.807) is 6.92 Å². The summed E-state index contributed by atoms with van der Waals surface area (Å²) in [5, 5.41) is 52.2. The van der Waals surface area contributed by atoms with Crippen molar-refractivity contribution in [3.8, 4) is 0 Å². The molecular weight excluding hydrogens is 394 g/mol. The molecule has 0 radical (unpaired) electrons. The highest BCUT2D eigenvalue weighted by Crippen LogP contribution is 2.32. The molecule has 0 saturated carbocycles. The summed E-state index contributed by atoms with van der Waals surface area (Å²) in [6.45, 7) is 1.38. The highest BCUT2D eigenvalue weighted by Gasteiger charge is 2.54. The van der Waals surface area contributed by atoms with E-state index in [-0.39, 0.29) is 12.2 Å². The molecule has 0 aromatic heterocycles. The summed E-state index contributed by atoms with van der Waals surface area (Å²) < 4.78 is 15.0. The van der Waals surface area contributed by atoms with E-state index in [1.165, 1.54) is 0 Å². The van der Waals surface area contributed by atoms with Crippen LogP contribution in [-0.2, 0) is 28.6 Å². The van der Waals surface area contributed by atoms with Crippen molar-refractivity contribution in [2.45, 2.75) is 62.9 Å². The van der Waals surface area contributed by atoms with E-state index in [0.717, 1.165) is 6.92 Å². The number of nitrogens with one attached hydrogen (secondary N) is 1. The summed E-state index contributed by atoms with van der Waals surface area (Å²) in [6.07, 6.45) is -7.52. The number of hydrogen-bond donors (Lipinski definition) is 6. The van der Waals surface area contributed by atoms with Crippen molar-refractivity contribution in [3.05, 3.63) is 11.3 Å². The summed E-state index contributed by atoms with van der Waals surface area (Å²) in [5.41, 5.74) is 0.546. The van der Waals surface area contributed by atoms with Crippen molar-refractivity contribution >= 4 is 17.8 Å². The predicted molar refractivity (Wildman–Crippen MR) is 91.5 cm³/mol. The molecule has 12 nitrogen and oxygen atoms in total. The fourth-order valence-electron chi connectivity index (χ4n) is 3.10. The Balaban J connectivity index is 2.16. The van der Waals surface area contributed by atoms with Crippen molar-refractivity contribution in [2.75, 3.05) is 13.2 Å². The first-order chi connectivity index (χ1) is 13.5. The molecule has 2 aliphatic heterocycles. The Bertz CT molecular complexity index is 693. The zero-order valence-electron chi connectivity index (χ0n) is 15.9. The Kier molecular flexibility index (Phi) is 7.32. The van der Waals surface area contributed by atoms with Crippen LogP contribution in [0, 0.1) is 0 Å². The van der Waals surface area contributed by atoms with Crippen LogP contribution in [0.5, 0.6) is 0 Å². The largest absolute Gasteiger partial charge is 0.454 e. The van der Waals surface area contributed by atoms with E-state index in [2.05, 4.69) is 5.32 Å². The maximum absolute atomic E-state index is 12.4. The van der Waals surface area contributed by atoms with E-state index in [9.17, 15) is 34.8 Å². The molecule has 0 aromatic carbocycles. The minimum atomic E-state index is -2.73. The molecule has 1 fully saturated rings. The van der Waals surface area contributed by atoms with Gasteiger partial charge in [0.25, 0.3) is 5.79 Å². The van der Waals surface area contributed by atoms with Crippen molar-refractivity contribution in [1.29, 1.82) is 0 Å². The number of cyclic esters (lactones) is 1. The first-order valence-corrected chi connectivity index (χ1v) is 8.87. The first-order valence-electron chi connectivity index (χ1n) is 8.87. The molecule has 164 valence electrons. The monoisotopic (exact) mass is 419 g/mol. The van der Waals surface area contributed by atoms with Crippen LogP contribution in [-0.4, -0.2) is 92.8 Å². The lowest BCUT2D eigenvalue weighted by atomic mass is 9.88. The third-order valence-corrected chi connectivity index (χ3v) is 4.65. The average molecular weight is 419 g/mol. The zero-order valence-corrected chi connectivity index (χ0v) is 15.9. The molecule has 0 aromatic rings. The topological polar surface area (TPSA) is 192 Å². The van der Waals surface area contributed by atoms with Gasteiger partial charge in [0, 0.05) is 13.3 Å². The fraction of sp³-hybridized carbons (Fsp3) is 0.706. The molecule has 6 N–H and O–H groups in total. The third-order valence-electron chi connectivity index (χ3n) is 4.65. The molecule has 0 unspecified atom stereocenters. The lowest BCUT2D eigenvalue weighted by Gasteiger charge is -2.45. The minimum Gasteiger partial charge on any atom is -0.454 e. The lowest BCUT2D eigenvalue weighted by Crippen LogP contribution is -2.67. The van der Waals surface area contributed by atoms with Gasteiger partial charge in [-0.15, -0.1) is 0 Å². The minimum absolute atomic E-state index is 0.0398. The first kappa shape index (κ1) is 23.2. The lowest BCUT2D eigenvalue weighted by molar-refractivity contribution is -0.297. The van der Waals surface area contributed by atoms with Crippen LogP contribution in [0.1, 0.15) is 26.7 Å². The molecule has 2 rings (SSSR count). The molecular formula is C17H25NO11. The molecule has 29 heavy (non-hydrogen) atoms. The third kappa shape index (κ3) is 5.29. The van der Waals surface area contributed by atoms with Crippen LogP contribution < -0.4 is 5.32 Å². The van der Waals surface area contributed by atoms with Crippen LogP contribution in [0.2, 0.25) is 0 Å². The molecule has 12 heteroatoms. The Hall–Kier alpha value is -2.09. The molecule has 0 bridgehead atoms. The number of esters is 2. The maximum Gasteiger partial charge on any atom is 0.367 e.